The van der Waals surface area contributed by atoms with Crippen LogP contribution in [0.25, 0.3) is 0 Å². The molecule has 1 saturated heterocycles. The Kier molecular flexibility index (Phi) is 11.5. The molecule has 1 fully saturated rings. The van der Waals surface area contributed by atoms with E-state index in [1.807, 2.05) is 0 Å². The van der Waals surface area contributed by atoms with E-state index in [4.69, 9.17) is 27.8 Å². The summed E-state index contributed by atoms with van der Waals surface area (Å²) in [5.74, 6) is -2.71. The Morgan fingerprint density at radius 1 is 1.22 bits per heavy atom. The third-order valence-electron chi connectivity index (χ3n) is 6.40. The van der Waals surface area contributed by atoms with Crippen LogP contribution in [-0.4, -0.2) is 60.1 Å². The lowest BCUT2D eigenvalue weighted by Gasteiger charge is -2.32. The quantitative estimate of drug-likeness (QED) is 0.160. The van der Waals surface area contributed by atoms with Gasteiger partial charge in [0.2, 0.25) is 5.91 Å². The van der Waals surface area contributed by atoms with Gasteiger partial charge in [-0.2, -0.15) is 0 Å². The zero-order valence-electron chi connectivity index (χ0n) is 21.4. The smallest absolute Gasteiger partial charge is 0.307 e. The summed E-state index contributed by atoms with van der Waals surface area (Å²) in [6, 6.07) is 6.16. The maximum atomic E-state index is 13.4. The number of rotatable bonds is 14. The fourth-order valence-electron chi connectivity index (χ4n) is 4.38. The summed E-state index contributed by atoms with van der Waals surface area (Å²) in [7, 11) is 0. The standard InChI is InChI=1S/C26H36ClFN4O5/c1-26(2,14-23(35)37-16-17-7-9-19(27)10-8-17)24(36)32-12-4-6-20(32)21(33)13-18(22(34)15-28)5-3-11-31-25(29)30/h7-10,18,20H,3-6,11-16H2,1-2H3,(H4,29,30,31)/t18-,20+/m1/s1. The Balaban J connectivity index is 1.97. The summed E-state index contributed by atoms with van der Waals surface area (Å²) in [4.78, 5) is 56.4. The maximum absolute atomic E-state index is 13.4. The molecule has 9 nitrogen and oxygen atoms in total. The molecule has 1 aromatic carbocycles. The Morgan fingerprint density at radius 2 is 1.89 bits per heavy atom. The van der Waals surface area contributed by atoms with Crippen molar-refractivity contribution in [3.8, 4) is 0 Å². The highest BCUT2D eigenvalue weighted by Crippen LogP contribution is 2.31. The molecule has 11 heteroatoms. The fourth-order valence-corrected chi connectivity index (χ4v) is 4.50. The third kappa shape index (κ3) is 9.42. The van der Waals surface area contributed by atoms with Crippen LogP contribution in [0.4, 0.5) is 4.39 Å². The van der Waals surface area contributed by atoms with Crippen molar-refractivity contribution in [1.82, 2.24) is 4.90 Å². The van der Waals surface area contributed by atoms with E-state index in [9.17, 15) is 23.6 Å². The first-order valence-corrected chi connectivity index (χ1v) is 12.7. The highest BCUT2D eigenvalue weighted by atomic mass is 35.5. The summed E-state index contributed by atoms with van der Waals surface area (Å²) in [5, 5.41) is 0.572. The number of ketones is 2. The molecule has 204 valence electrons. The van der Waals surface area contributed by atoms with Crippen molar-refractivity contribution < 1.29 is 28.3 Å². The zero-order chi connectivity index (χ0) is 27.6. The van der Waals surface area contributed by atoms with Gasteiger partial charge in [-0.3, -0.25) is 24.2 Å². The average molecular weight is 539 g/mol. The molecule has 1 aliphatic rings. The molecule has 1 amide bonds. The number of amides is 1. The molecule has 2 rings (SSSR count). The van der Waals surface area contributed by atoms with Crippen molar-refractivity contribution in [2.24, 2.45) is 27.8 Å². The number of likely N-dealkylation sites (tertiary alicyclic amines) is 1. The second-order valence-corrected chi connectivity index (χ2v) is 10.4. The molecule has 1 aliphatic heterocycles. The number of alkyl halides is 1. The highest BCUT2D eigenvalue weighted by Gasteiger charge is 2.42. The largest absolute Gasteiger partial charge is 0.461 e. The van der Waals surface area contributed by atoms with E-state index in [0.29, 0.717) is 30.8 Å². The van der Waals surface area contributed by atoms with Crippen LogP contribution in [0, 0.1) is 11.3 Å². The summed E-state index contributed by atoms with van der Waals surface area (Å²) in [6.07, 6.45) is 1.42. The fraction of sp³-hybridized carbons (Fsp3) is 0.577. The van der Waals surface area contributed by atoms with Crippen LogP contribution < -0.4 is 11.5 Å². The Bertz CT molecular complexity index is 995. The molecule has 0 radical (unpaired) electrons. The summed E-state index contributed by atoms with van der Waals surface area (Å²) in [5.41, 5.74) is 10.2. The van der Waals surface area contributed by atoms with Gasteiger partial charge in [-0.25, -0.2) is 4.39 Å². The third-order valence-corrected chi connectivity index (χ3v) is 6.66. The van der Waals surface area contributed by atoms with Gasteiger partial charge in [-0.05, 0) is 43.4 Å². The second kappa shape index (κ2) is 14.1. The SMILES string of the molecule is CC(C)(CC(=O)OCc1ccc(Cl)cc1)C(=O)N1CCC[C@H]1C(=O)C[C@@H](CCCN=C(N)N)C(=O)CF. The lowest BCUT2D eigenvalue weighted by molar-refractivity contribution is -0.154. The number of aliphatic imine (C=N–C) groups is 1. The van der Waals surface area contributed by atoms with Crippen LogP contribution in [0.5, 0.6) is 0 Å². The van der Waals surface area contributed by atoms with Gasteiger partial charge in [-0.1, -0.05) is 37.6 Å². The van der Waals surface area contributed by atoms with E-state index in [1.165, 1.54) is 4.90 Å². The van der Waals surface area contributed by atoms with Crippen LogP contribution in [0.3, 0.4) is 0 Å². The van der Waals surface area contributed by atoms with Crippen molar-refractivity contribution in [1.29, 1.82) is 0 Å². The first kappa shape index (κ1) is 30.2. The Labute approximate surface area is 221 Å². The van der Waals surface area contributed by atoms with E-state index in [-0.39, 0.29) is 50.1 Å². The molecule has 0 unspecified atom stereocenters. The monoisotopic (exact) mass is 538 g/mol. The van der Waals surface area contributed by atoms with E-state index < -0.39 is 35.8 Å². The van der Waals surface area contributed by atoms with E-state index in [0.717, 1.165) is 5.56 Å². The topological polar surface area (TPSA) is 145 Å². The number of ether oxygens (including phenoxy) is 1. The molecule has 0 aliphatic carbocycles. The summed E-state index contributed by atoms with van der Waals surface area (Å²) in [6.45, 7) is 2.79. The number of nitrogens with two attached hydrogens (primary N) is 2. The molecule has 1 aromatic rings. The summed E-state index contributed by atoms with van der Waals surface area (Å²) >= 11 is 5.86. The van der Waals surface area contributed by atoms with Crippen molar-refractivity contribution in [3.05, 3.63) is 34.9 Å². The second-order valence-electron chi connectivity index (χ2n) is 9.92. The maximum Gasteiger partial charge on any atom is 0.307 e. The molecule has 0 aromatic heterocycles. The van der Waals surface area contributed by atoms with Gasteiger partial charge in [0, 0.05) is 30.5 Å². The average Bonchev–Trinajstić information content (AvgIpc) is 3.34. The van der Waals surface area contributed by atoms with Crippen LogP contribution in [-0.2, 0) is 30.5 Å². The first-order chi connectivity index (χ1) is 17.4. The van der Waals surface area contributed by atoms with Gasteiger partial charge >= 0.3 is 5.97 Å². The number of benzene rings is 1. The van der Waals surface area contributed by atoms with Gasteiger partial charge in [-0.15, -0.1) is 0 Å². The zero-order valence-corrected chi connectivity index (χ0v) is 22.1. The molecule has 2 atom stereocenters. The molecule has 1 heterocycles. The van der Waals surface area contributed by atoms with E-state index >= 15 is 0 Å². The highest BCUT2D eigenvalue weighted by molar-refractivity contribution is 6.30. The lowest BCUT2D eigenvalue weighted by atomic mass is 9.86. The first-order valence-electron chi connectivity index (χ1n) is 12.3. The number of halogens is 2. The predicted molar refractivity (Wildman–Crippen MR) is 138 cm³/mol. The number of carbonyl (C=O) groups excluding carboxylic acids is 4. The number of esters is 1. The lowest BCUT2D eigenvalue weighted by Crippen LogP contribution is -2.47. The molecular formula is C26H36ClFN4O5. The molecule has 4 N–H and O–H groups in total. The van der Waals surface area contributed by atoms with Crippen molar-refractivity contribution in [3.63, 3.8) is 0 Å². The molecule has 0 bridgehead atoms. The number of Topliss-reactive ketones (excluding diaryl/α,β-unsaturated/α-hetero) is 2. The molecule has 0 saturated carbocycles. The van der Waals surface area contributed by atoms with Crippen molar-refractivity contribution in [2.45, 2.75) is 65.0 Å². The number of hydrogen-bond acceptors (Lipinski definition) is 6. The van der Waals surface area contributed by atoms with Crippen LogP contribution in [0.1, 0.15) is 57.9 Å². The number of carbonyl (C=O) groups is 4. The molecule has 0 spiro atoms. The number of guanidine groups is 1. The van der Waals surface area contributed by atoms with Crippen LogP contribution in [0.2, 0.25) is 5.02 Å². The van der Waals surface area contributed by atoms with Crippen LogP contribution in [0.15, 0.2) is 29.3 Å². The van der Waals surface area contributed by atoms with Gasteiger partial charge in [0.25, 0.3) is 0 Å². The van der Waals surface area contributed by atoms with Gasteiger partial charge < -0.3 is 21.1 Å². The van der Waals surface area contributed by atoms with Gasteiger partial charge in [0.05, 0.1) is 17.9 Å². The minimum absolute atomic E-state index is 0.0538. The summed E-state index contributed by atoms with van der Waals surface area (Å²) < 4.78 is 18.5. The Morgan fingerprint density at radius 3 is 2.51 bits per heavy atom. The molecular weight excluding hydrogens is 503 g/mol. The number of nitrogens with zero attached hydrogens (tertiary/aromatic N) is 2. The van der Waals surface area contributed by atoms with Crippen LogP contribution >= 0.6 is 11.6 Å². The van der Waals surface area contributed by atoms with E-state index in [1.54, 1.807) is 38.1 Å². The van der Waals surface area contributed by atoms with Gasteiger partial charge in [0.15, 0.2) is 17.5 Å². The number of hydrogen-bond donors (Lipinski definition) is 2. The Hall–Kier alpha value is -3.01. The minimum atomic E-state index is -1.17. The van der Waals surface area contributed by atoms with E-state index in [2.05, 4.69) is 4.99 Å². The van der Waals surface area contributed by atoms with Crippen molar-refractivity contribution >= 4 is 41.0 Å². The normalized spacial score (nSPS) is 16.2. The van der Waals surface area contributed by atoms with Crippen molar-refractivity contribution in [2.75, 3.05) is 19.8 Å². The van der Waals surface area contributed by atoms with Gasteiger partial charge in [0.1, 0.15) is 13.3 Å². The minimum Gasteiger partial charge on any atom is -0.461 e. The predicted octanol–water partition coefficient (Wildman–Crippen LogP) is 2.96. The molecule has 37 heavy (non-hydrogen) atoms.